The standard InChI is InChI=1S/C17H22N6O/c24-16(20-21-17-18-8-4-9-19-17)7-10-22-11-13-23(14-12-22)15-5-2-1-3-6-15/h1-6,8-9H,7,10-14H2,(H,20,24)(H,18,19,21). The first kappa shape index (κ1) is 16.2. The summed E-state index contributed by atoms with van der Waals surface area (Å²) < 4.78 is 0. The number of amides is 1. The molecular formula is C17H22N6O. The molecule has 1 aliphatic heterocycles. The summed E-state index contributed by atoms with van der Waals surface area (Å²) in [5, 5.41) is 0. The van der Waals surface area contributed by atoms with Crippen molar-refractivity contribution < 1.29 is 4.79 Å². The fourth-order valence-electron chi connectivity index (χ4n) is 2.68. The molecule has 7 nitrogen and oxygen atoms in total. The molecule has 0 radical (unpaired) electrons. The predicted molar refractivity (Wildman–Crippen MR) is 93.5 cm³/mol. The number of benzene rings is 1. The highest BCUT2D eigenvalue weighted by Gasteiger charge is 2.17. The van der Waals surface area contributed by atoms with Gasteiger partial charge in [-0.25, -0.2) is 9.97 Å². The lowest BCUT2D eigenvalue weighted by atomic mass is 10.2. The highest BCUT2D eigenvalue weighted by Crippen LogP contribution is 2.15. The molecule has 0 spiro atoms. The van der Waals surface area contributed by atoms with E-state index < -0.39 is 0 Å². The van der Waals surface area contributed by atoms with Crippen LogP contribution in [-0.2, 0) is 4.79 Å². The van der Waals surface area contributed by atoms with Crippen LogP contribution in [0.15, 0.2) is 48.8 Å². The summed E-state index contributed by atoms with van der Waals surface area (Å²) in [4.78, 5) is 24.5. The number of rotatable bonds is 6. The van der Waals surface area contributed by atoms with Crippen LogP contribution < -0.4 is 15.8 Å². The lowest BCUT2D eigenvalue weighted by Crippen LogP contribution is -2.47. The number of hydrogen-bond donors (Lipinski definition) is 2. The van der Waals surface area contributed by atoms with E-state index >= 15 is 0 Å². The second-order valence-electron chi connectivity index (χ2n) is 5.66. The lowest BCUT2D eigenvalue weighted by molar-refractivity contribution is -0.120. The first-order valence-electron chi connectivity index (χ1n) is 8.15. The third kappa shape index (κ3) is 4.66. The van der Waals surface area contributed by atoms with E-state index in [1.165, 1.54) is 5.69 Å². The van der Waals surface area contributed by atoms with E-state index in [9.17, 15) is 4.79 Å². The molecule has 3 rings (SSSR count). The fourth-order valence-corrected chi connectivity index (χ4v) is 2.68. The molecule has 1 aromatic heterocycles. The third-order valence-electron chi connectivity index (χ3n) is 4.03. The van der Waals surface area contributed by atoms with Crippen molar-refractivity contribution >= 4 is 17.5 Å². The molecule has 7 heteroatoms. The quantitative estimate of drug-likeness (QED) is 0.776. The van der Waals surface area contributed by atoms with E-state index in [2.05, 4.69) is 54.9 Å². The van der Waals surface area contributed by atoms with Crippen LogP contribution in [0.5, 0.6) is 0 Å². The zero-order valence-corrected chi connectivity index (χ0v) is 13.6. The smallest absolute Gasteiger partial charge is 0.241 e. The Bertz CT molecular complexity index is 628. The van der Waals surface area contributed by atoms with Crippen LogP contribution in [0, 0.1) is 0 Å². The van der Waals surface area contributed by atoms with Crippen LogP contribution in [-0.4, -0.2) is 53.5 Å². The fraction of sp³-hybridized carbons (Fsp3) is 0.353. The van der Waals surface area contributed by atoms with Gasteiger partial charge in [0.2, 0.25) is 11.9 Å². The van der Waals surface area contributed by atoms with Crippen molar-refractivity contribution in [2.75, 3.05) is 43.0 Å². The molecule has 126 valence electrons. The molecule has 2 N–H and O–H groups in total. The zero-order chi connectivity index (χ0) is 16.6. The number of carbonyl (C=O) groups is 1. The molecule has 1 saturated heterocycles. The van der Waals surface area contributed by atoms with Crippen molar-refractivity contribution in [1.82, 2.24) is 20.3 Å². The molecule has 2 heterocycles. The zero-order valence-electron chi connectivity index (χ0n) is 13.6. The van der Waals surface area contributed by atoms with E-state index in [0.717, 1.165) is 32.7 Å². The summed E-state index contributed by atoms with van der Waals surface area (Å²) in [5.74, 6) is 0.329. The van der Waals surface area contributed by atoms with Gasteiger partial charge in [0, 0.05) is 57.2 Å². The van der Waals surface area contributed by atoms with E-state index in [-0.39, 0.29) is 5.91 Å². The summed E-state index contributed by atoms with van der Waals surface area (Å²) in [6.45, 7) is 4.67. The summed E-state index contributed by atoms with van der Waals surface area (Å²) in [6.07, 6.45) is 3.69. The largest absolute Gasteiger partial charge is 0.369 e. The van der Waals surface area contributed by atoms with Crippen molar-refractivity contribution in [2.24, 2.45) is 0 Å². The molecule has 0 bridgehead atoms. The first-order chi connectivity index (χ1) is 11.8. The second kappa shape index (κ2) is 8.26. The molecule has 1 fully saturated rings. The van der Waals surface area contributed by atoms with Crippen LogP contribution >= 0.6 is 0 Å². The molecule has 1 amide bonds. The van der Waals surface area contributed by atoms with Gasteiger partial charge in [-0.15, -0.1) is 0 Å². The Morgan fingerprint density at radius 1 is 1.00 bits per heavy atom. The van der Waals surface area contributed by atoms with Crippen LogP contribution in [0.2, 0.25) is 0 Å². The molecule has 1 aromatic carbocycles. The summed E-state index contributed by atoms with van der Waals surface area (Å²) in [7, 11) is 0. The van der Waals surface area contributed by atoms with Gasteiger partial charge < -0.3 is 4.90 Å². The van der Waals surface area contributed by atoms with Gasteiger partial charge in [-0.2, -0.15) is 0 Å². The number of carbonyl (C=O) groups excluding carboxylic acids is 1. The van der Waals surface area contributed by atoms with Crippen LogP contribution in [0.4, 0.5) is 11.6 Å². The Kier molecular flexibility index (Phi) is 5.57. The second-order valence-corrected chi connectivity index (χ2v) is 5.66. The number of aromatic nitrogens is 2. The highest BCUT2D eigenvalue weighted by atomic mass is 16.2. The monoisotopic (exact) mass is 326 g/mol. The van der Waals surface area contributed by atoms with Crippen molar-refractivity contribution in [3.63, 3.8) is 0 Å². The highest BCUT2D eigenvalue weighted by molar-refractivity contribution is 5.77. The van der Waals surface area contributed by atoms with Crippen LogP contribution in [0.25, 0.3) is 0 Å². The number of para-hydroxylation sites is 1. The predicted octanol–water partition coefficient (Wildman–Crippen LogP) is 1.13. The molecule has 2 aromatic rings. The number of nitrogens with one attached hydrogen (secondary N) is 2. The number of hydrogen-bond acceptors (Lipinski definition) is 6. The summed E-state index contributed by atoms with van der Waals surface area (Å²) >= 11 is 0. The third-order valence-corrected chi connectivity index (χ3v) is 4.03. The maximum Gasteiger partial charge on any atom is 0.241 e. The van der Waals surface area contributed by atoms with Crippen LogP contribution in [0.3, 0.4) is 0 Å². The van der Waals surface area contributed by atoms with Crippen molar-refractivity contribution in [3.8, 4) is 0 Å². The lowest BCUT2D eigenvalue weighted by Gasteiger charge is -2.36. The average molecular weight is 326 g/mol. The van der Waals surface area contributed by atoms with Gasteiger partial charge in [0.25, 0.3) is 0 Å². The minimum Gasteiger partial charge on any atom is -0.369 e. The molecule has 0 aliphatic carbocycles. The SMILES string of the molecule is O=C(CCN1CCN(c2ccccc2)CC1)NNc1ncccn1. The van der Waals surface area contributed by atoms with Gasteiger partial charge >= 0.3 is 0 Å². The summed E-state index contributed by atoms with van der Waals surface area (Å²) in [6, 6.07) is 12.2. The summed E-state index contributed by atoms with van der Waals surface area (Å²) in [5.41, 5.74) is 6.60. The topological polar surface area (TPSA) is 73.4 Å². The van der Waals surface area contributed by atoms with E-state index in [0.29, 0.717) is 12.4 Å². The van der Waals surface area contributed by atoms with Crippen LogP contribution in [0.1, 0.15) is 6.42 Å². The number of anilines is 2. The van der Waals surface area contributed by atoms with Crippen molar-refractivity contribution in [2.45, 2.75) is 6.42 Å². The number of nitrogens with zero attached hydrogens (tertiary/aromatic N) is 4. The molecule has 0 atom stereocenters. The van der Waals surface area contributed by atoms with Gasteiger partial charge in [-0.1, -0.05) is 18.2 Å². The first-order valence-corrected chi connectivity index (χ1v) is 8.15. The van der Waals surface area contributed by atoms with E-state index in [1.807, 2.05) is 6.07 Å². The normalized spacial score (nSPS) is 15.1. The molecular weight excluding hydrogens is 304 g/mol. The molecule has 0 saturated carbocycles. The van der Waals surface area contributed by atoms with Crippen molar-refractivity contribution in [3.05, 3.63) is 48.8 Å². The maximum atomic E-state index is 11.9. The Morgan fingerprint density at radius 3 is 2.42 bits per heavy atom. The van der Waals surface area contributed by atoms with Gasteiger partial charge in [0.05, 0.1) is 0 Å². The molecule has 24 heavy (non-hydrogen) atoms. The van der Waals surface area contributed by atoms with Gasteiger partial charge in [0.15, 0.2) is 0 Å². The van der Waals surface area contributed by atoms with Crippen molar-refractivity contribution in [1.29, 1.82) is 0 Å². The average Bonchev–Trinajstić information content (AvgIpc) is 2.67. The van der Waals surface area contributed by atoms with E-state index in [1.54, 1.807) is 18.5 Å². The Labute approximate surface area is 141 Å². The van der Waals surface area contributed by atoms with Gasteiger partial charge in [0.1, 0.15) is 0 Å². The Hall–Kier alpha value is -2.67. The minimum atomic E-state index is -0.0621. The minimum absolute atomic E-state index is 0.0621. The maximum absolute atomic E-state index is 11.9. The van der Waals surface area contributed by atoms with E-state index in [4.69, 9.17) is 0 Å². The Balaban J connectivity index is 1.35. The molecule has 1 aliphatic rings. The van der Waals surface area contributed by atoms with Gasteiger partial charge in [-0.05, 0) is 18.2 Å². The number of piperazine rings is 1. The van der Waals surface area contributed by atoms with Gasteiger partial charge in [-0.3, -0.25) is 20.5 Å². The number of hydrazine groups is 1. The Morgan fingerprint density at radius 2 is 1.71 bits per heavy atom. The molecule has 0 unspecified atom stereocenters.